The van der Waals surface area contributed by atoms with E-state index in [9.17, 15) is 9.59 Å². The van der Waals surface area contributed by atoms with Crippen LogP contribution in [0.5, 0.6) is 11.5 Å². The Morgan fingerprint density at radius 1 is 0.880 bits per heavy atom. The molecule has 3 rings (SSSR count). The highest BCUT2D eigenvalue weighted by molar-refractivity contribution is 6.41. The Hall–Kier alpha value is -2.88. The third-order valence-electron chi connectivity index (χ3n) is 3.95. The minimum atomic E-state index is -0.232. The highest BCUT2D eigenvalue weighted by atomic mass is 16.5. The van der Waals surface area contributed by atoms with E-state index in [-0.39, 0.29) is 17.1 Å². The third-order valence-corrected chi connectivity index (χ3v) is 3.95. The van der Waals surface area contributed by atoms with Gasteiger partial charge in [0, 0.05) is 11.1 Å². The maximum atomic E-state index is 12.5. The van der Waals surface area contributed by atoms with E-state index < -0.39 is 0 Å². The molecule has 0 spiro atoms. The molecule has 4 nitrogen and oxygen atoms in total. The first kappa shape index (κ1) is 17.0. The Morgan fingerprint density at radius 3 is 2.16 bits per heavy atom. The lowest BCUT2D eigenvalue weighted by molar-refractivity contribution is 0.0990. The number of fused-ring (bicyclic) bond motifs is 1. The van der Waals surface area contributed by atoms with Crippen LogP contribution in [0.15, 0.2) is 48.0 Å². The van der Waals surface area contributed by atoms with Gasteiger partial charge in [-0.05, 0) is 37.1 Å². The van der Waals surface area contributed by atoms with Crippen molar-refractivity contribution in [1.29, 1.82) is 0 Å². The van der Waals surface area contributed by atoms with E-state index >= 15 is 0 Å². The molecule has 2 aromatic carbocycles. The Balaban J connectivity index is 1.95. The van der Waals surface area contributed by atoms with E-state index in [0.717, 1.165) is 12.0 Å². The lowest BCUT2D eigenvalue weighted by Crippen LogP contribution is -2.02. The first-order chi connectivity index (χ1) is 12.2. The largest absolute Gasteiger partial charge is 0.490 e. The van der Waals surface area contributed by atoms with Gasteiger partial charge in [-0.25, -0.2) is 0 Å². The maximum Gasteiger partial charge on any atom is 0.197 e. The number of ketones is 2. The SMILES string of the molecule is CCCOc1ccc(C=C2C(=O)c3ccccc3C2=O)cc1OCC. The van der Waals surface area contributed by atoms with Gasteiger partial charge >= 0.3 is 0 Å². The van der Waals surface area contributed by atoms with Crippen LogP contribution in [0.4, 0.5) is 0 Å². The van der Waals surface area contributed by atoms with Crippen LogP contribution in [0, 0.1) is 0 Å². The van der Waals surface area contributed by atoms with Crippen LogP contribution < -0.4 is 9.47 Å². The smallest absolute Gasteiger partial charge is 0.197 e. The number of hydrogen-bond donors (Lipinski definition) is 0. The molecule has 1 aliphatic carbocycles. The predicted molar refractivity (Wildman–Crippen MR) is 96.5 cm³/mol. The van der Waals surface area contributed by atoms with E-state index in [4.69, 9.17) is 9.47 Å². The monoisotopic (exact) mass is 336 g/mol. The molecule has 0 unspecified atom stereocenters. The molecule has 0 bridgehead atoms. The maximum absolute atomic E-state index is 12.5. The molecule has 0 heterocycles. The van der Waals surface area contributed by atoms with Crippen LogP contribution in [0.1, 0.15) is 46.5 Å². The third kappa shape index (κ3) is 3.33. The molecule has 2 aromatic rings. The van der Waals surface area contributed by atoms with E-state index in [1.54, 1.807) is 36.4 Å². The van der Waals surface area contributed by atoms with Gasteiger partial charge in [-0.15, -0.1) is 0 Å². The minimum Gasteiger partial charge on any atom is -0.490 e. The summed E-state index contributed by atoms with van der Waals surface area (Å²) in [4.78, 5) is 25.0. The van der Waals surface area contributed by atoms with E-state index in [1.807, 2.05) is 26.0 Å². The van der Waals surface area contributed by atoms with Gasteiger partial charge in [-0.1, -0.05) is 37.3 Å². The molecule has 0 atom stereocenters. The number of rotatable bonds is 6. The summed E-state index contributed by atoms with van der Waals surface area (Å²) in [6.45, 7) is 5.04. The molecular formula is C21H20O4. The summed E-state index contributed by atoms with van der Waals surface area (Å²) in [5, 5.41) is 0. The number of Topliss-reactive ketones (excluding diaryl/α,β-unsaturated/α-hetero) is 2. The summed E-state index contributed by atoms with van der Waals surface area (Å²) in [6, 6.07) is 12.3. The number of hydrogen-bond acceptors (Lipinski definition) is 4. The minimum absolute atomic E-state index is 0.186. The van der Waals surface area contributed by atoms with Crippen molar-refractivity contribution in [3.05, 3.63) is 64.7 Å². The van der Waals surface area contributed by atoms with Crippen molar-refractivity contribution in [3.8, 4) is 11.5 Å². The average molecular weight is 336 g/mol. The second-order valence-corrected chi connectivity index (χ2v) is 5.75. The fraction of sp³-hybridized carbons (Fsp3) is 0.238. The van der Waals surface area contributed by atoms with Crippen LogP contribution in [0.3, 0.4) is 0 Å². The number of ether oxygens (including phenoxy) is 2. The quantitative estimate of drug-likeness (QED) is 0.582. The standard InChI is InChI=1S/C21H20O4/c1-3-11-25-18-10-9-14(13-19(18)24-4-2)12-17-20(22)15-7-5-6-8-16(15)21(17)23/h5-10,12-13H,3-4,11H2,1-2H3. The second-order valence-electron chi connectivity index (χ2n) is 5.75. The summed E-state index contributed by atoms with van der Waals surface area (Å²) >= 11 is 0. The Morgan fingerprint density at radius 2 is 1.56 bits per heavy atom. The molecule has 0 amide bonds. The van der Waals surface area contributed by atoms with E-state index in [2.05, 4.69) is 0 Å². The van der Waals surface area contributed by atoms with Crippen LogP contribution in [0.2, 0.25) is 0 Å². The fourth-order valence-corrected chi connectivity index (χ4v) is 2.78. The zero-order valence-corrected chi connectivity index (χ0v) is 14.4. The first-order valence-electron chi connectivity index (χ1n) is 8.45. The van der Waals surface area contributed by atoms with Gasteiger partial charge in [0.05, 0.1) is 18.8 Å². The summed E-state index contributed by atoms with van der Waals surface area (Å²) < 4.78 is 11.3. The zero-order valence-electron chi connectivity index (χ0n) is 14.4. The van der Waals surface area contributed by atoms with Crippen LogP contribution in [-0.4, -0.2) is 24.8 Å². The Kier molecular flexibility index (Phi) is 4.98. The molecule has 1 aliphatic rings. The van der Waals surface area contributed by atoms with Gasteiger partial charge in [0.15, 0.2) is 23.1 Å². The number of carbonyl (C=O) groups is 2. The zero-order chi connectivity index (χ0) is 17.8. The molecule has 128 valence electrons. The molecule has 0 saturated heterocycles. The molecule has 0 N–H and O–H groups in total. The summed E-state index contributed by atoms with van der Waals surface area (Å²) in [5.74, 6) is 0.814. The van der Waals surface area contributed by atoms with Crippen molar-refractivity contribution in [2.45, 2.75) is 20.3 Å². The van der Waals surface area contributed by atoms with Gasteiger partial charge in [-0.2, -0.15) is 0 Å². The van der Waals surface area contributed by atoms with Crippen molar-refractivity contribution in [2.75, 3.05) is 13.2 Å². The first-order valence-corrected chi connectivity index (χ1v) is 8.45. The van der Waals surface area contributed by atoms with Gasteiger partial charge in [-0.3, -0.25) is 9.59 Å². The fourth-order valence-electron chi connectivity index (χ4n) is 2.78. The normalized spacial score (nSPS) is 13.0. The van der Waals surface area contributed by atoms with Gasteiger partial charge in [0.1, 0.15) is 0 Å². The highest BCUT2D eigenvalue weighted by Crippen LogP contribution is 2.32. The molecule has 0 radical (unpaired) electrons. The highest BCUT2D eigenvalue weighted by Gasteiger charge is 2.32. The van der Waals surface area contributed by atoms with Gasteiger partial charge < -0.3 is 9.47 Å². The lowest BCUT2D eigenvalue weighted by atomic mass is 10.1. The van der Waals surface area contributed by atoms with Crippen molar-refractivity contribution in [2.24, 2.45) is 0 Å². The Labute approximate surface area is 147 Å². The second kappa shape index (κ2) is 7.34. The van der Waals surface area contributed by atoms with E-state index in [1.165, 1.54) is 0 Å². The van der Waals surface area contributed by atoms with Crippen LogP contribution in [0.25, 0.3) is 6.08 Å². The summed E-state index contributed by atoms with van der Waals surface area (Å²) in [5.41, 5.74) is 1.85. The number of carbonyl (C=O) groups excluding carboxylic acids is 2. The molecule has 0 fully saturated rings. The molecule has 4 heteroatoms. The van der Waals surface area contributed by atoms with Crippen molar-refractivity contribution in [3.63, 3.8) is 0 Å². The predicted octanol–water partition coefficient (Wildman–Crippen LogP) is 4.34. The van der Waals surface area contributed by atoms with Crippen molar-refractivity contribution < 1.29 is 19.1 Å². The molecular weight excluding hydrogens is 316 g/mol. The molecule has 25 heavy (non-hydrogen) atoms. The topological polar surface area (TPSA) is 52.6 Å². The average Bonchev–Trinajstić information content (AvgIpc) is 2.87. The summed E-state index contributed by atoms with van der Waals surface area (Å²) in [7, 11) is 0. The van der Waals surface area contributed by atoms with Crippen molar-refractivity contribution >= 4 is 17.6 Å². The van der Waals surface area contributed by atoms with Crippen molar-refractivity contribution in [1.82, 2.24) is 0 Å². The lowest BCUT2D eigenvalue weighted by Gasteiger charge is -2.12. The van der Waals surface area contributed by atoms with Crippen LogP contribution in [-0.2, 0) is 0 Å². The summed E-state index contributed by atoms with van der Waals surface area (Å²) in [6.07, 6.45) is 2.52. The number of benzene rings is 2. The van der Waals surface area contributed by atoms with Gasteiger partial charge in [0.25, 0.3) is 0 Å². The van der Waals surface area contributed by atoms with E-state index in [0.29, 0.717) is 35.8 Å². The number of allylic oxidation sites excluding steroid dienone is 1. The Bertz CT molecular complexity index is 812. The van der Waals surface area contributed by atoms with Crippen LogP contribution >= 0.6 is 0 Å². The molecule has 0 aliphatic heterocycles. The molecule has 0 aromatic heterocycles. The molecule has 0 saturated carbocycles. The van der Waals surface area contributed by atoms with Gasteiger partial charge in [0.2, 0.25) is 0 Å².